The van der Waals surface area contributed by atoms with Gasteiger partial charge in [-0.15, -0.1) is 0 Å². The minimum atomic E-state index is -0.357. The number of aryl methyl sites for hydroxylation is 1. The van der Waals surface area contributed by atoms with Crippen LogP contribution in [0.1, 0.15) is 65.4 Å². The fourth-order valence-electron chi connectivity index (χ4n) is 4.75. The molecule has 170 valence electrons. The third kappa shape index (κ3) is 4.42. The minimum absolute atomic E-state index is 0.0401. The molecule has 0 spiro atoms. The van der Waals surface area contributed by atoms with Gasteiger partial charge in [0.2, 0.25) is 5.91 Å². The summed E-state index contributed by atoms with van der Waals surface area (Å²) in [4.78, 5) is 41.4. The number of carbonyl (C=O) groups excluding carboxylic acids is 3. The molecule has 1 aromatic heterocycles. The van der Waals surface area contributed by atoms with Gasteiger partial charge in [-0.1, -0.05) is 6.92 Å². The molecule has 7 nitrogen and oxygen atoms in total. The lowest BCUT2D eigenvalue weighted by Crippen LogP contribution is -2.44. The van der Waals surface area contributed by atoms with Crippen LogP contribution in [0.5, 0.6) is 0 Å². The van der Waals surface area contributed by atoms with Gasteiger partial charge in [-0.25, -0.2) is 4.79 Å². The lowest BCUT2D eigenvalue weighted by Gasteiger charge is -2.35. The van der Waals surface area contributed by atoms with Crippen LogP contribution in [0.25, 0.3) is 0 Å². The first-order valence-corrected chi connectivity index (χ1v) is 11.5. The molecular formula is C25H31N3O4. The van der Waals surface area contributed by atoms with Gasteiger partial charge in [0.15, 0.2) is 0 Å². The Bertz CT molecular complexity index is 1010. The zero-order valence-electron chi connectivity index (χ0n) is 18.9. The quantitative estimate of drug-likeness (QED) is 0.648. The molecule has 1 fully saturated rings. The summed E-state index contributed by atoms with van der Waals surface area (Å²) in [5.74, 6) is -0.219. The molecule has 2 aromatic rings. The number of anilines is 1. The molecule has 0 aliphatic carbocycles. The number of fused-ring (bicyclic) bond motifs is 1. The number of carbonyl (C=O) groups is 3. The van der Waals surface area contributed by atoms with E-state index >= 15 is 0 Å². The summed E-state index contributed by atoms with van der Waals surface area (Å²) in [6.07, 6.45) is 6.72. The highest BCUT2D eigenvalue weighted by Gasteiger charge is 2.29. The molecule has 1 unspecified atom stereocenters. The van der Waals surface area contributed by atoms with E-state index in [1.165, 1.54) is 0 Å². The average molecular weight is 438 g/mol. The predicted molar refractivity (Wildman–Crippen MR) is 122 cm³/mol. The second-order valence-electron chi connectivity index (χ2n) is 8.57. The summed E-state index contributed by atoms with van der Waals surface area (Å²) in [5, 5.41) is 0. The minimum Gasteiger partial charge on any atom is -0.462 e. The Morgan fingerprint density at radius 1 is 1.12 bits per heavy atom. The van der Waals surface area contributed by atoms with Crippen molar-refractivity contribution in [3.63, 3.8) is 0 Å². The zero-order chi connectivity index (χ0) is 22.7. The molecule has 2 aliphatic rings. The summed E-state index contributed by atoms with van der Waals surface area (Å²) in [5.41, 5.74) is 3.09. The van der Waals surface area contributed by atoms with Crippen LogP contribution in [0.4, 0.5) is 5.69 Å². The molecule has 4 rings (SSSR count). The van der Waals surface area contributed by atoms with E-state index in [0.717, 1.165) is 43.5 Å². The molecule has 0 bridgehead atoms. The number of hydrogen-bond donors (Lipinski definition) is 0. The smallest absolute Gasteiger partial charge is 0.338 e. The average Bonchev–Trinajstić information content (AvgIpc) is 3.44. The highest BCUT2D eigenvalue weighted by Crippen LogP contribution is 2.30. The molecular weight excluding hydrogens is 406 g/mol. The number of ether oxygens (including phenoxy) is 1. The zero-order valence-corrected chi connectivity index (χ0v) is 18.9. The molecule has 1 aromatic carbocycles. The fraction of sp³-hybridized carbons (Fsp3) is 0.480. The van der Waals surface area contributed by atoms with Gasteiger partial charge in [0.05, 0.1) is 12.2 Å². The lowest BCUT2D eigenvalue weighted by atomic mass is 9.99. The molecule has 32 heavy (non-hydrogen) atoms. The number of piperidine rings is 1. The maximum Gasteiger partial charge on any atom is 0.338 e. The summed E-state index contributed by atoms with van der Waals surface area (Å²) >= 11 is 0. The molecule has 3 heterocycles. The number of benzene rings is 1. The maximum absolute atomic E-state index is 13.0. The van der Waals surface area contributed by atoms with Gasteiger partial charge in [-0.05, 0) is 61.6 Å². The maximum atomic E-state index is 13.0. The van der Waals surface area contributed by atoms with Crippen LogP contribution in [0.3, 0.4) is 0 Å². The van der Waals surface area contributed by atoms with Gasteiger partial charge in [0.25, 0.3) is 5.91 Å². The molecule has 0 N–H and O–H groups in total. The second-order valence-corrected chi connectivity index (χ2v) is 8.57. The van der Waals surface area contributed by atoms with Crippen LogP contribution in [0.15, 0.2) is 36.5 Å². The topological polar surface area (TPSA) is 71.8 Å². The standard InChI is InChI=1S/C25H31N3O4/c1-3-23(29)28-15-11-18-17-19(9-10-21(18)28)25(31)32-16-12-20-7-4-5-14-27(20)24(30)22-8-6-13-26(22)2/h6,8-10,13,17,20H,3-5,7,11-12,14-16H2,1-2H3. The SMILES string of the molecule is CCC(=O)N1CCc2cc(C(=O)OCCC3CCCCN3C(=O)c3cccn3C)ccc21. The number of rotatable bonds is 6. The summed E-state index contributed by atoms with van der Waals surface area (Å²) in [7, 11) is 1.88. The summed E-state index contributed by atoms with van der Waals surface area (Å²) < 4.78 is 7.41. The van der Waals surface area contributed by atoms with Gasteiger partial charge in [-0.2, -0.15) is 0 Å². The van der Waals surface area contributed by atoms with Crippen LogP contribution in [-0.4, -0.2) is 53.0 Å². The Morgan fingerprint density at radius 2 is 1.97 bits per heavy atom. The van der Waals surface area contributed by atoms with Crippen molar-refractivity contribution in [3.8, 4) is 0 Å². The number of hydrogen-bond acceptors (Lipinski definition) is 4. The van der Waals surface area contributed by atoms with Crippen LogP contribution in [0.2, 0.25) is 0 Å². The van der Waals surface area contributed by atoms with Gasteiger partial charge in [0, 0.05) is 50.9 Å². The third-order valence-electron chi connectivity index (χ3n) is 6.55. The summed E-state index contributed by atoms with van der Waals surface area (Å²) in [6, 6.07) is 9.21. The van der Waals surface area contributed by atoms with E-state index in [9.17, 15) is 14.4 Å². The predicted octanol–water partition coefficient (Wildman–Crippen LogP) is 3.57. The van der Waals surface area contributed by atoms with E-state index in [2.05, 4.69) is 0 Å². The van der Waals surface area contributed by atoms with Crippen molar-refractivity contribution in [2.24, 2.45) is 7.05 Å². The Labute approximate surface area is 188 Å². The van der Waals surface area contributed by atoms with Crippen molar-refractivity contribution in [1.29, 1.82) is 0 Å². The van der Waals surface area contributed by atoms with Crippen molar-refractivity contribution < 1.29 is 19.1 Å². The monoisotopic (exact) mass is 437 g/mol. The van der Waals surface area contributed by atoms with Crippen molar-refractivity contribution in [1.82, 2.24) is 9.47 Å². The molecule has 2 amide bonds. The first kappa shape index (κ1) is 22.1. The fourth-order valence-corrected chi connectivity index (χ4v) is 4.75. The normalized spacial score (nSPS) is 17.9. The molecule has 0 radical (unpaired) electrons. The number of amides is 2. The Hall–Kier alpha value is -3.09. The van der Waals surface area contributed by atoms with Crippen molar-refractivity contribution in [3.05, 3.63) is 53.3 Å². The highest BCUT2D eigenvalue weighted by molar-refractivity contribution is 5.97. The summed E-state index contributed by atoms with van der Waals surface area (Å²) in [6.45, 7) is 3.53. The highest BCUT2D eigenvalue weighted by atomic mass is 16.5. The van der Waals surface area contributed by atoms with Crippen LogP contribution < -0.4 is 4.90 Å². The van der Waals surface area contributed by atoms with Crippen molar-refractivity contribution in [2.75, 3.05) is 24.6 Å². The van der Waals surface area contributed by atoms with E-state index in [0.29, 0.717) is 30.6 Å². The van der Waals surface area contributed by atoms with Gasteiger partial charge in [0.1, 0.15) is 5.69 Å². The van der Waals surface area contributed by atoms with Crippen molar-refractivity contribution >= 4 is 23.5 Å². The Morgan fingerprint density at radius 3 is 2.72 bits per heavy atom. The van der Waals surface area contributed by atoms with E-state index < -0.39 is 0 Å². The Kier molecular flexibility index (Phi) is 6.63. The lowest BCUT2D eigenvalue weighted by molar-refractivity contribution is -0.118. The second kappa shape index (κ2) is 9.59. The van der Waals surface area contributed by atoms with Gasteiger partial charge < -0.3 is 19.1 Å². The van der Waals surface area contributed by atoms with E-state index in [1.54, 1.807) is 11.0 Å². The number of nitrogens with zero attached hydrogens (tertiary/aromatic N) is 3. The number of aromatic nitrogens is 1. The number of likely N-dealkylation sites (tertiary alicyclic amines) is 1. The van der Waals surface area contributed by atoms with Gasteiger partial charge in [-0.3, -0.25) is 9.59 Å². The molecule has 7 heteroatoms. The van der Waals surface area contributed by atoms with E-state index in [4.69, 9.17) is 4.74 Å². The van der Waals surface area contributed by atoms with E-state index in [-0.39, 0.29) is 30.4 Å². The molecule has 1 saturated heterocycles. The van der Waals surface area contributed by atoms with E-state index in [1.807, 2.05) is 53.9 Å². The van der Waals surface area contributed by atoms with Crippen LogP contribution >= 0.6 is 0 Å². The van der Waals surface area contributed by atoms with Crippen LogP contribution in [0, 0.1) is 0 Å². The largest absolute Gasteiger partial charge is 0.462 e. The first-order valence-electron chi connectivity index (χ1n) is 11.5. The Balaban J connectivity index is 1.34. The van der Waals surface area contributed by atoms with Crippen molar-refractivity contribution in [2.45, 2.75) is 51.5 Å². The third-order valence-corrected chi connectivity index (χ3v) is 6.55. The van der Waals surface area contributed by atoms with Gasteiger partial charge >= 0.3 is 5.97 Å². The molecule has 0 saturated carbocycles. The van der Waals surface area contributed by atoms with Crippen LogP contribution in [-0.2, 0) is 23.0 Å². The molecule has 1 atom stereocenters. The first-order chi connectivity index (χ1) is 15.5. The number of esters is 1. The molecule has 2 aliphatic heterocycles.